The molecule has 4 aromatic rings. The smallest absolute Gasteiger partial charge is 0.257 e. The van der Waals surface area contributed by atoms with E-state index in [2.05, 4.69) is 15.6 Å². The normalized spacial score (nSPS) is 10.5. The summed E-state index contributed by atoms with van der Waals surface area (Å²) in [7, 11) is 0. The molecule has 4 nitrogen and oxygen atoms in total. The predicted octanol–water partition coefficient (Wildman–Crippen LogP) is 5.23. The molecule has 4 heteroatoms. The van der Waals surface area contributed by atoms with Gasteiger partial charge in [0.1, 0.15) is 0 Å². The number of fused-ring (bicyclic) bond motifs is 1. The second-order valence-corrected chi connectivity index (χ2v) is 5.90. The van der Waals surface area contributed by atoms with E-state index >= 15 is 0 Å². The van der Waals surface area contributed by atoms with Crippen molar-refractivity contribution in [1.82, 2.24) is 4.98 Å². The lowest BCUT2D eigenvalue weighted by Crippen LogP contribution is -2.12. The van der Waals surface area contributed by atoms with Crippen LogP contribution >= 0.6 is 0 Å². The number of para-hydroxylation sites is 2. The number of hydrogen-bond donors (Lipinski definition) is 2. The lowest BCUT2D eigenvalue weighted by atomic mass is 10.1. The Kier molecular flexibility index (Phi) is 4.31. The highest BCUT2D eigenvalue weighted by Gasteiger charge is 2.11. The van der Waals surface area contributed by atoms with Crippen molar-refractivity contribution in [2.24, 2.45) is 0 Å². The third-order valence-electron chi connectivity index (χ3n) is 4.08. The molecule has 1 aromatic heterocycles. The zero-order valence-corrected chi connectivity index (χ0v) is 14.0. The molecule has 0 radical (unpaired) electrons. The zero-order chi connectivity index (χ0) is 17.8. The summed E-state index contributed by atoms with van der Waals surface area (Å²) >= 11 is 0. The molecule has 2 N–H and O–H groups in total. The SMILES string of the molecule is O=C(Nc1ccc(Nc2ccccc2)cc1)c1cccc2cccnc12. The molecule has 1 heterocycles. The van der Waals surface area contributed by atoms with E-state index in [0.717, 1.165) is 22.4 Å². The third-order valence-corrected chi connectivity index (χ3v) is 4.08. The van der Waals surface area contributed by atoms with Gasteiger partial charge in [0.05, 0.1) is 11.1 Å². The Bertz CT molecular complexity index is 1040. The number of amides is 1. The highest BCUT2D eigenvalue weighted by Crippen LogP contribution is 2.21. The fraction of sp³-hybridized carbons (Fsp3) is 0. The van der Waals surface area contributed by atoms with Crippen LogP contribution in [-0.2, 0) is 0 Å². The maximum atomic E-state index is 12.6. The molecule has 0 aliphatic heterocycles. The topological polar surface area (TPSA) is 54.0 Å². The quantitative estimate of drug-likeness (QED) is 0.535. The predicted molar refractivity (Wildman–Crippen MR) is 106 cm³/mol. The minimum Gasteiger partial charge on any atom is -0.356 e. The molecule has 1 amide bonds. The van der Waals surface area contributed by atoms with Crippen LogP contribution in [0.25, 0.3) is 10.9 Å². The largest absolute Gasteiger partial charge is 0.356 e. The lowest BCUT2D eigenvalue weighted by Gasteiger charge is -2.09. The van der Waals surface area contributed by atoms with Crippen molar-refractivity contribution < 1.29 is 4.79 Å². The number of nitrogens with zero attached hydrogens (tertiary/aromatic N) is 1. The van der Waals surface area contributed by atoms with E-state index in [9.17, 15) is 4.79 Å². The number of pyridine rings is 1. The number of nitrogens with one attached hydrogen (secondary N) is 2. The van der Waals surface area contributed by atoms with Crippen LogP contribution in [0.3, 0.4) is 0 Å². The molecule has 0 unspecified atom stereocenters. The Balaban J connectivity index is 1.51. The molecule has 0 atom stereocenters. The highest BCUT2D eigenvalue weighted by molar-refractivity contribution is 6.11. The van der Waals surface area contributed by atoms with E-state index in [0.29, 0.717) is 11.1 Å². The van der Waals surface area contributed by atoms with Gasteiger partial charge in [0.2, 0.25) is 0 Å². The monoisotopic (exact) mass is 339 g/mol. The first-order chi connectivity index (χ1) is 12.8. The molecule has 0 saturated carbocycles. The van der Waals surface area contributed by atoms with Gasteiger partial charge >= 0.3 is 0 Å². The fourth-order valence-electron chi connectivity index (χ4n) is 2.81. The maximum absolute atomic E-state index is 12.6. The first-order valence-corrected chi connectivity index (χ1v) is 8.37. The van der Waals surface area contributed by atoms with Gasteiger partial charge in [-0.05, 0) is 48.5 Å². The summed E-state index contributed by atoms with van der Waals surface area (Å²) in [5.74, 6) is -0.168. The van der Waals surface area contributed by atoms with Gasteiger partial charge in [0.25, 0.3) is 5.91 Å². The van der Waals surface area contributed by atoms with Crippen molar-refractivity contribution >= 4 is 33.9 Å². The second-order valence-electron chi connectivity index (χ2n) is 5.90. The van der Waals surface area contributed by atoms with Crippen LogP contribution in [0.4, 0.5) is 17.1 Å². The summed E-state index contributed by atoms with van der Waals surface area (Å²) in [6, 6.07) is 27.0. The van der Waals surface area contributed by atoms with Gasteiger partial charge in [-0.3, -0.25) is 9.78 Å². The van der Waals surface area contributed by atoms with Crippen LogP contribution in [0.15, 0.2) is 91.1 Å². The fourth-order valence-corrected chi connectivity index (χ4v) is 2.81. The molecule has 0 aliphatic rings. The van der Waals surface area contributed by atoms with Crippen molar-refractivity contribution in [2.75, 3.05) is 10.6 Å². The first kappa shape index (κ1) is 15.8. The Labute approximate surface area is 151 Å². The van der Waals surface area contributed by atoms with Gasteiger partial charge in [0.15, 0.2) is 0 Å². The molecule has 126 valence electrons. The van der Waals surface area contributed by atoms with Gasteiger partial charge in [-0.1, -0.05) is 36.4 Å². The van der Waals surface area contributed by atoms with E-state index in [-0.39, 0.29) is 5.91 Å². The number of rotatable bonds is 4. The van der Waals surface area contributed by atoms with Crippen LogP contribution in [0, 0.1) is 0 Å². The van der Waals surface area contributed by atoms with Crippen LogP contribution in [-0.4, -0.2) is 10.9 Å². The van der Waals surface area contributed by atoms with Gasteiger partial charge in [-0.15, -0.1) is 0 Å². The van der Waals surface area contributed by atoms with Crippen LogP contribution in [0.1, 0.15) is 10.4 Å². The van der Waals surface area contributed by atoms with Gasteiger partial charge in [0, 0.05) is 28.6 Å². The molecule has 0 bridgehead atoms. The first-order valence-electron chi connectivity index (χ1n) is 8.37. The number of anilines is 3. The van der Waals surface area contributed by atoms with Crippen molar-refractivity contribution in [2.45, 2.75) is 0 Å². The molecular formula is C22H17N3O. The van der Waals surface area contributed by atoms with Gasteiger partial charge in [-0.2, -0.15) is 0 Å². The summed E-state index contributed by atoms with van der Waals surface area (Å²) in [4.78, 5) is 17.0. The summed E-state index contributed by atoms with van der Waals surface area (Å²) in [5, 5.41) is 7.20. The maximum Gasteiger partial charge on any atom is 0.257 e. The van der Waals surface area contributed by atoms with Crippen molar-refractivity contribution in [3.8, 4) is 0 Å². The number of aromatic nitrogens is 1. The Hall–Kier alpha value is -3.66. The highest BCUT2D eigenvalue weighted by atomic mass is 16.1. The average molecular weight is 339 g/mol. The number of hydrogen-bond acceptors (Lipinski definition) is 3. The summed E-state index contributed by atoms with van der Waals surface area (Å²) < 4.78 is 0. The molecule has 26 heavy (non-hydrogen) atoms. The van der Waals surface area contributed by atoms with E-state index < -0.39 is 0 Å². The summed E-state index contributed by atoms with van der Waals surface area (Å²) in [5.41, 5.74) is 3.98. The average Bonchev–Trinajstić information content (AvgIpc) is 2.70. The molecule has 4 rings (SSSR count). The third kappa shape index (κ3) is 3.39. The van der Waals surface area contributed by atoms with E-state index in [4.69, 9.17) is 0 Å². The molecule has 0 fully saturated rings. The standard InChI is InChI=1S/C22H17N3O/c26-22(20-10-4-6-16-7-5-15-23-21(16)20)25-19-13-11-18(12-14-19)24-17-8-2-1-3-9-17/h1-15,24H,(H,25,26). The van der Waals surface area contributed by atoms with E-state index in [1.165, 1.54) is 0 Å². The minimum absolute atomic E-state index is 0.168. The van der Waals surface area contributed by atoms with Crippen molar-refractivity contribution in [3.05, 3.63) is 96.7 Å². The Morgan fingerprint density at radius 1 is 0.692 bits per heavy atom. The molecule has 0 saturated heterocycles. The zero-order valence-electron chi connectivity index (χ0n) is 14.0. The van der Waals surface area contributed by atoms with E-state index in [1.54, 1.807) is 12.3 Å². The number of carbonyl (C=O) groups excluding carboxylic acids is 1. The lowest BCUT2D eigenvalue weighted by molar-refractivity contribution is 0.102. The van der Waals surface area contributed by atoms with E-state index in [1.807, 2.05) is 78.9 Å². The van der Waals surface area contributed by atoms with Crippen LogP contribution in [0.5, 0.6) is 0 Å². The van der Waals surface area contributed by atoms with Crippen LogP contribution in [0.2, 0.25) is 0 Å². The van der Waals surface area contributed by atoms with Crippen molar-refractivity contribution in [1.29, 1.82) is 0 Å². The number of carbonyl (C=O) groups is 1. The molecule has 0 spiro atoms. The van der Waals surface area contributed by atoms with Crippen LogP contribution < -0.4 is 10.6 Å². The Morgan fingerprint density at radius 3 is 2.19 bits per heavy atom. The Morgan fingerprint density at radius 2 is 1.38 bits per heavy atom. The summed E-state index contributed by atoms with van der Waals surface area (Å²) in [6.45, 7) is 0. The number of benzene rings is 3. The molecule has 3 aromatic carbocycles. The van der Waals surface area contributed by atoms with Gasteiger partial charge in [-0.25, -0.2) is 0 Å². The van der Waals surface area contributed by atoms with Gasteiger partial charge < -0.3 is 10.6 Å². The molecular weight excluding hydrogens is 322 g/mol. The summed E-state index contributed by atoms with van der Waals surface area (Å²) in [6.07, 6.45) is 1.70. The second kappa shape index (κ2) is 7.07. The minimum atomic E-state index is -0.168. The van der Waals surface area contributed by atoms with Crippen molar-refractivity contribution in [3.63, 3.8) is 0 Å². The molecule has 0 aliphatic carbocycles.